The van der Waals surface area contributed by atoms with Crippen LogP contribution in [0, 0.1) is 6.92 Å². The first kappa shape index (κ1) is 14.7. The predicted octanol–water partition coefficient (Wildman–Crippen LogP) is 2.68. The Morgan fingerprint density at radius 1 is 1.33 bits per heavy atom. The molecule has 2 rings (SSSR count). The molecule has 1 N–H and O–H groups in total. The number of piperazine rings is 1. The summed E-state index contributed by atoms with van der Waals surface area (Å²) in [6.45, 7) is 12.5. The second-order valence-corrected chi connectivity index (χ2v) is 4.08. The smallest absolute Gasteiger partial charge is 0.0888 e. The average molecular weight is 247 g/mol. The lowest BCUT2D eigenvalue weighted by molar-refractivity contribution is 0.339. The first-order valence-electron chi connectivity index (χ1n) is 6.87. The molecule has 0 aliphatic carbocycles. The van der Waals surface area contributed by atoms with Crippen molar-refractivity contribution in [3.8, 4) is 0 Å². The second-order valence-electron chi connectivity index (χ2n) is 4.08. The molecule has 1 fully saturated rings. The molecule has 1 aliphatic rings. The number of hydrogen-bond donors (Lipinski definition) is 1. The van der Waals surface area contributed by atoms with Gasteiger partial charge in [-0.3, -0.25) is 4.98 Å². The molecule has 0 amide bonds. The highest BCUT2D eigenvalue weighted by Gasteiger charge is 2.15. The van der Waals surface area contributed by atoms with E-state index in [0.29, 0.717) is 0 Å². The van der Waals surface area contributed by atoms with Crippen molar-refractivity contribution in [3.63, 3.8) is 0 Å². The fraction of sp³-hybridized carbons (Fsp3) is 0.533. The number of pyridine rings is 1. The molecule has 3 heteroatoms. The minimum absolute atomic E-state index is 1.06. The summed E-state index contributed by atoms with van der Waals surface area (Å²) < 4.78 is 0. The highest BCUT2D eigenvalue weighted by molar-refractivity contribution is 5.63. The van der Waals surface area contributed by atoms with E-state index in [1.165, 1.54) is 11.3 Å². The molecule has 0 radical (unpaired) electrons. The molecule has 3 nitrogen and oxygen atoms in total. The first-order valence-corrected chi connectivity index (χ1v) is 6.87. The number of aromatic nitrogens is 1. The van der Waals surface area contributed by atoms with Gasteiger partial charge < -0.3 is 10.2 Å². The van der Waals surface area contributed by atoms with Gasteiger partial charge in [0.05, 0.1) is 11.4 Å². The van der Waals surface area contributed by atoms with E-state index in [-0.39, 0.29) is 0 Å². The van der Waals surface area contributed by atoms with Gasteiger partial charge in [0.2, 0.25) is 0 Å². The van der Waals surface area contributed by atoms with Crippen molar-refractivity contribution in [1.82, 2.24) is 15.2 Å². The van der Waals surface area contributed by atoms with Crippen LogP contribution in [0.4, 0.5) is 0 Å². The van der Waals surface area contributed by atoms with Gasteiger partial charge in [0, 0.05) is 32.4 Å². The van der Waals surface area contributed by atoms with Gasteiger partial charge in [-0.15, -0.1) is 0 Å². The van der Waals surface area contributed by atoms with Gasteiger partial charge in [-0.2, -0.15) is 0 Å². The summed E-state index contributed by atoms with van der Waals surface area (Å²) >= 11 is 0. The van der Waals surface area contributed by atoms with Crippen molar-refractivity contribution in [2.24, 2.45) is 0 Å². The zero-order valence-corrected chi connectivity index (χ0v) is 12.0. The van der Waals surface area contributed by atoms with E-state index in [2.05, 4.69) is 41.2 Å². The van der Waals surface area contributed by atoms with E-state index in [1.807, 2.05) is 26.1 Å². The van der Waals surface area contributed by atoms with Crippen LogP contribution in [-0.2, 0) is 0 Å². The lowest BCUT2D eigenvalue weighted by atomic mass is 10.1. The molecule has 0 atom stereocenters. The zero-order valence-electron chi connectivity index (χ0n) is 12.0. The maximum Gasteiger partial charge on any atom is 0.0888 e. The van der Waals surface area contributed by atoms with Crippen molar-refractivity contribution >= 4 is 5.70 Å². The van der Waals surface area contributed by atoms with Crippen LogP contribution < -0.4 is 5.32 Å². The van der Waals surface area contributed by atoms with Crippen molar-refractivity contribution in [2.75, 3.05) is 26.2 Å². The molecule has 1 saturated heterocycles. The largest absolute Gasteiger partial charge is 0.368 e. The van der Waals surface area contributed by atoms with Crippen molar-refractivity contribution in [1.29, 1.82) is 0 Å². The van der Waals surface area contributed by atoms with E-state index in [1.54, 1.807) is 0 Å². The lowest BCUT2D eigenvalue weighted by Crippen LogP contribution is -2.42. The Balaban J connectivity index is 0.000000771. The van der Waals surface area contributed by atoms with Crippen LogP contribution in [0.25, 0.3) is 5.70 Å². The molecule has 2 heterocycles. The summed E-state index contributed by atoms with van der Waals surface area (Å²) in [5.41, 5.74) is 3.63. The van der Waals surface area contributed by atoms with E-state index in [4.69, 9.17) is 0 Å². The number of hydrogen-bond acceptors (Lipinski definition) is 3. The Labute approximate surface area is 111 Å². The van der Waals surface area contributed by atoms with E-state index >= 15 is 0 Å². The number of allylic oxidation sites excluding steroid dienone is 1. The summed E-state index contributed by atoms with van der Waals surface area (Å²) in [6, 6.07) is 4.11. The zero-order chi connectivity index (χ0) is 13.4. The van der Waals surface area contributed by atoms with Gasteiger partial charge in [-0.05, 0) is 25.5 Å². The molecule has 100 valence electrons. The Morgan fingerprint density at radius 3 is 2.56 bits per heavy atom. The summed E-state index contributed by atoms with van der Waals surface area (Å²) in [4.78, 5) is 6.90. The van der Waals surface area contributed by atoms with Crippen molar-refractivity contribution in [2.45, 2.75) is 27.7 Å². The summed E-state index contributed by atoms with van der Waals surface area (Å²) in [5.74, 6) is 0. The van der Waals surface area contributed by atoms with Gasteiger partial charge >= 0.3 is 0 Å². The molecule has 1 aromatic heterocycles. The van der Waals surface area contributed by atoms with Gasteiger partial charge in [0.1, 0.15) is 0 Å². The Bertz CT molecular complexity index is 379. The summed E-state index contributed by atoms with van der Waals surface area (Å²) in [7, 11) is 0. The fourth-order valence-electron chi connectivity index (χ4n) is 2.13. The third kappa shape index (κ3) is 3.57. The molecule has 0 aromatic carbocycles. The fourth-order valence-corrected chi connectivity index (χ4v) is 2.13. The van der Waals surface area contributed by atoms with Crippen LogP contribution in [0.1, 0.15) is 32.0 Å². The maximum atomic E-state index is 4.49. The normalized spacial score (nSPS) is 16.0. The third-order valence-electron chi connectivity index (χ3n) is 2.98. The van der Waals surface area contributed by atoms with Crippen LogP contribution >= 0.6 is 0 Å². The van der Waals surface area contributed by atoms with E-state index in [9.17, 15) is 0 Å². The van der Waals surface area contributed by atoms with Gasteiger partial charge in [0.15, 0.2) is 0 Å². The van der Waals surface area contributed by atoms with Gasteiger partial charge in [-0.1, -0.05) is 26.0 Å². The monoisotopic (exact) mass is 247 g/mol. The predicted molar refractivity (Wildman–Crippen MR) is 78.4 cm³/mol. The molecule has 0 bridgehead atoms. The van der Waals surface area contributed by atoms with Crippen LogP contribution in [0.2, 0.25) is 0 Å². The molecule has 1 aliphatic heterocycles. The molecule has 1 aromatic rings. The number of nitrogens with zero attached hydrogens (tertiary/aromatic N) is 2. The Kier molecular flexibility index (Phi) is 6.44. The topological polar surface area (TPSA) is 28.2 Å². The highest BCUT2D eigenvalue weighted by Crippen LogP contribution is 2.20. The number of rotatable bonds is 2. The highest BCUT2D eigenvalue weighted by atomic mass is 15.2. The standard InChI is InChI=1S/C13H19N3.C2H6/c1-3-12(16-9-7-14-8-10-16)13-11(2)5-4-6-15-13;1-2/h3-6,14H,7-10H2,1-2H3;1-2H3/b12-3+;. The van der Waals surface area contributed by atoms with Crippen molar-refractivity contribution in [3.05, 3.63) is 35.7 Å². The molecular formula is C15H25N3. The van der Waals surface area contributed by atoms with E-state index in [0.717, 1.165) is 31.9 Å². The number of nitrogens with one attached hydrogen (secondary N) is 1. The minimum atomic E-state index is 1.06. The first-order chi connectivity index (χ1) is 8.83. The summed E-state index contributed by atoms with van der Waals surface area (Å²) in [5, 5.41) is 3.37. The van der Waals surface area contributed by atoms with Gasteiger partial charge in [-0.25, -0.2) is 0 Å². The quantitative estimate of drug-likeness (QED) is 0.871. The van der Waals surface area contributed by atoms with Crippen LogP contribution in [0.5, 0.6) is 0 Å². The molecular weight excluding hydrogens is 222 g/mol. The lowest BCUT2D eigenvalue weighted by Gasteiger charge is -2.31. The van der Waals surface area contributed by atoms with Crippen molar-refractivity contribution < 1.29 is 0 Å². The maximum absolute atomic E-state index is 4.49. The Morgan fingerprint density at radius 2 is 2.00 bits per heavy atom. The van der Waals surface area contributed by atoms with Crippen LogP contribution in [-0.4, -0.2) is 36.1 Å². The molecule has 0 unspecified atom stereocenters. The Hall–Kier alpha value is -1.35. The van der Waals surface area contributed by atoms with Gasteiger partial charge in [0.25, 0.3) is 0 Å². The van der Waals surface area contributed by atoms with Crippen LogP contribution in [0.15, 0.2) is 24.4 Å². The molecule has 0 saturated carbocycles. The van der Waals surface area contributed by atoms with E-state index < -0.39 is 0 Å². The second kappa shape index (κ2) is 7.88. The average Bonchev–Trinajstić information content (AvgIpc) is 2.45. The SMILES string of the molecule is C/C=C(\c1ncccc1C)N1CCNCC1.CC. The molecule has 18 heavy (non-hydrogen) atoms. The third-order valence-corrected chi connectivity index (χ3v) is 2.98. The minimum Gasteiger partial charge on any atom is -0.368 e. The van der Waals surface area contributed by atoms with Crippen LogP contribution in [0.3, 0.4) is 0 Å². The number of aryl methyl sites for hydroxylation is 1. The molecule has 0 spiro atoms. The summed E-state index contributed by atoms with van der Waals surface area (Å²) in [6.07, 6.45) is 4.04.